The number of carbonyl (C=O) groups is 2. The van der Waals surface area contributed by atoms with E-state index >= 15 is 0 Å². The summed E-state index contributed by atoms with van der Waals surface area (Å²) in [5.41, 5.74) is 0.398. The summed E-state index contributed by atoms with van der Waals surface area (Å²) in [6.45, 7) is 1.58. The van der Waals surface area contributed by atoms with E-state index in [9.17, 15) is 9.59 Å². The van der Waals surface area contributed by atoms with Crippen LogP contribution in [0.2, 0.25) is 0 Å². The molecule has 1 unspecified atom stereocenters. The summed E-state index contributed by atoms with van der Waals surface area (Å²) in [4.78, 5) is 26.1. The van der Waals surface area contributed by atoms with Crippen LogP contribution >= 0.6 is 0 Å². The SMILES string of the molecule is COc1ccc(C(=O)C(C)CC(=O)O)cn1. The van der Waals surface area contributed by atoms with Gasteiger partial charge in [0.05, 0.1) is 13.5 Å². The highest BCUT2D eigenvalue weighted by Gasteiger charge is 2.18. The number of methoxy groups -OCH3 is 1. The van der Waals surface area contributed by atoms with Crippen LogP contribution in [0, 0.1) is 5.92 Å². The third-order valence-electron chi connectivity index (χ3n) is 2.16. The van der Waals surface area contributed by atoms with Gasteiger partial charge in [-0.05, 0) is 6.07 Å². The Morgan fingerprint density at radius 3 is 2.62 bits per heavy atom. The number of rotatable bonds is 5. The lowest BCUT2D eigenvalue weighted by Gasteiger charge is -2.07. The number of hydrogen-bond donors (Lipinski definition) is 1. The van der Waals surface area contributed by atoms with Gasteiger partial charge >= 0.3 is 5.97 Å². The Hall–Kier alpha value is -1.91. The van der Waals surface area contributed by atoms with Crippen molar-refractivity contribution in [1.82, 2.24) is 4.98 Å². The van der Waals surface area contributed by atoms with Gasteiger partial charge in [0.2, 0.25) is 5.88 Å². The molecular weight excluding hydrogens is 210 g/mol. The van der Waals surface area contributed by atoms with E-state index in [4.69, 9.17) is 9.84 Å². The second-order valence-corrected chi connectivity index (χ2v) is 3.45. The van der Waals surface area contributed by atoms with Gasteiger partial charge in [-0.1, -0.05) is 6.92 Å². The van der Waals surface area contributed by atoms with Crippen LogP contribution in [0.25, 0.3) is 0 Å². The molecule has 5 nitrogen and oxygen atoms in total. The largest absolute Gasteiger partial charge is 0.481 e. The van der Waals surface area contributed by atoms with Gasteiger partial charge in [-0.25, -0.2) is 4.98 Å². The minimum absolute atomic E-state index is 0.176. The Kier molecular flexibility index (Phi) is 3.99. The van der Waals surface area contributed by atoms with Crippen molar-refractivity contribution < 1.29 is 19.4 Å². The van der Waals surface area contributed by atoms with Crippen molar-refractivity contribution in [2.75, 3.05) is 7.11 Å². The van der Waals surface area contributed by atoms with Crippen LogP contribution in [0.4, 0.5) is 0 Å². The summed E-state index contributed by atoms with van der Waals surface area (Å²) < 4.78 is 4.86. The normalized spacial score (nSPS) is 11.9. The number of nitrogens with zero attached hydrogens (tertiary/aromatic N) is 1. The Morgan fingerprint density at radius 2 is 2.19 bits per heavy atom. The fraction of sp³-hybridized carbons (Fsp3) is 0.364. The zero-order valence-electron chi connectivity index (χ0n) is 9.14. The molecule has 0 amide bonds. The highest BCUT2D eigenvalue weighted by atomic mass is 16.5. The molecule has 0 aromatic carbocycles. The predicted octanol–water partition coefficient (Wildman–Crippen LogP) is 1.38. The summed E-state index contributed by atoms with van der Waals surface area (Å²) in [7, 11) is 1.48. The van der Waals surface area contributed by atoms with E-state index in [-0.39, 0.29) is 12.2 Å². The Morgan fingerprint density at radius 1 is 1.50 bits per heavy atom. The smallest absolute Gasteiger partial charge is 0.304 e. The molecule has 0 aliphatic carbocycles. The summed E-state index contributed by atoms with van der Waals surface area (Å²) in [5.74, 6) is -1.34. The zero-order chi connectivity index (χ0) is 12.1. The minimum atomic E-state index is -0.984. The summed E-state index contributed by atoms with van der Waals surface area (Å²) >= 11 is 0. The molecule has 1 atom stereocenters. The topological polar surface area (TPSA) is 76.5 Å². The van der Waals surface area contributed by atoms with Gasteiger partial charge in [-0.15, -0.1) is 0 Å². The van der Waals surface area contributed by atoms with E-state index in [1.54, 1.807) is 19.1 Å². The number of hydrogen-bond acceptors (Lipinski definition) is 4. The lowest BCUT2D eigenvalue weighted by atomic mass is 9.98. The van der Waals surface area contributed by atoms with Crippen LogP contribution in [-0.2, 0) is 4.79 Å². The quantitative estimate of drug-likeness (QED) is 0.763. The number of pyridine rings is 1. The first-order valence-corrected chi connectivity index (χ1v) is 4.80. The number of ether oxygens (including phenoxy) is 1. The molecule has 0 radical (unpaired) electrons. The number of carboxylic acid groups (broad SMARTS) is 1. The van der Waals surface area contributed by atoms with E-state index in [1.807, 2.05) is 0 Å². The molecule has 0 spiro atoms. The number of Topliss-reactive ketones (excluding diaryl/α,β-unsaturated/α-hetero) is 1. The van der Waals surface area contributed by atoms with Crippen LogP contribution in [0.1, 0.15) is 23.7 Å². The minimum Gasteiger partial charge on any atom is -0.481 e. The third-order valence-corrected chi connectivity index (χ3v) is 2.16. The van der Waals surface area contributed by atoms with Crippen LogP contribution in [-0.4, -0.2) is 29.0 Å². The maximum absolute atomic E-state index is 11.7. The summed E-state index contributed by atoms with van der Waals surface area (Å²) in [5, 5.41) is 8.57. The van der Waals surface area contributed by atoms with Gasteiger partial charge in [0.15, 0.2) is 5.78 Å². The molecule has 16 heavy (non-hydrogen) atoms. The van der Waals surface area contributed by atoms with Crippen LogP contribution in [0.15, 0.2) is 18.3 Å². The Balaban J connectivity index is 2.75. The number of aromatic nitrogens is 1. The standard InChI is InChI=1S/C11H13NO4/c1-7(5-10(13)14)11(15)8-3-4-9(16-2)12-6-8/h3-4,6-7H,5H2,1-2H3,(H,13,14). The third kappa shape index (κ3) is 3.05. The first kappa shape index (κ1) is 12.2. The maximum Gasteiger partial charge on any atom is 0.304 e. The van der Waals surface area contributed by atoms with Gasteiger partial charge in [0.25, 0.3) is 0 Å². The average Bonchev–Trinajstić information content (AvgIpc) is 2.27. The van der Waals surface area contributed by atoms with Gasteiger partial charge in [0.1, 0.15) is 0 Å². The lowest BCUT2D eigenvalue weighted by Crippen LogP contribution is -2.15. The number of carbonyl (C=O) groups excluding carboxylic acids is 1. The van der Waals surface area contributed by atoms with Crippen LogP contribution in [0.5, 0.6) is 5.88 Å². The number of aliphatic carboxylic acids is 1. The molecule has 0 aliphatic rings. The molecule has 5 heteroatoms. The molecule has 0 fully saturated rings. The van der Waals surface area contributed by atoms with Gasteiger partial charge < -0.3 is 9.84 Å². The molecule has 1 rings (SSSR count). The fourth-order valence-corrected chi connectivity index (χ4v) is 1.29. The van der Waals surface area contributed by atoms with Crippen molar-refractivity contribution >= 4 is 11.8 Å². The first-order valence-electron chi connectivity index (χ1n) is 4.80. The molecule has 86 valence electrons. The van der Waals surface area contributed by atoms with E-state index in [0.717, 1.165) is 0 Å². The van der Waals surface area contributed by atoms with Crippen molar-refractivity contribution in [2.45, 2.75) is 13.3 Å². The molecule has 0 saturated heterocycles. The molecule has 1 aromatic heterocycles. The number of ketones is 1. The fourth-order valence-electron chi connectivity index (χ4n) is 1.29. The van der Waals surface area contributed by atoms with Crippen LogP contribution in [0.3, 0.4) is 0 Å². The van der Waals surface area contributed by atoms with Crippen molar-refractivity contribution in [3.63, 3.8) is 0 Å². The molecule has 1 heterocycles. The molecule has 1 aromatic rings. The second-order valence-electron chi connectivity index (χ2n) is 3.45. The summed E-state index contributed by atoms with van der Waals surface area (Å²) in [6.07, 6.45) is 1.21. The van der Waals surface area contributed by atoms with Crippen molar-refractivity contribution in [3.8, 4) is 5.88 Å². The predicted molar refractivity (Wildman–Crippen MR) is 56.5 cm³/mol. The van der Waals surface area contributed by atoms with Crippen molar-refractivity contribution in [2.24, 2.45) is 5.92 Å². The van der Waals surface area contributed by atoms with Gasteiger partial charge in [-0.3, -0.25) is 9.59 Å². The lowest BCUT2D eigenvalue weighted by molar-refractivity contribution is -0.137. The molecule has 0 bridgehead atoms. The van der Waals surface area contributed by atoms with Gasteiger partial charge in [-0.2, -0.15) is 0 Å². The zero-order valence-corrected chi connectivity index (χ0v) is 9.14. The maximum atomic E-state index is 11.7. The van der Waals surface area contributed by atoms with Crippen molar-refractivity contribution in [3.05, 3.63) is 23.9 Å². The average molecular weight is 223 g/mol. The Labute approximate surface area is 93.1 Å². The van der Waals surface area contributed by atoms with E-state index < -0.39 is 11.9 Å². The highest BCUT2D eigenvalue weighted by Crippen LogP contribution is 2.13. The molecule has 0 saturated carbocycles. The van der Waals surface area contributed by atoms with Crippen molar-refractivity contribution in [1.29, 1.82) is 0 Å². The molecule has 0 aliphatic heterocycles. The monoisotopic (exact) mass is 223 g/mol. The second kappa shape index (κ2) is 5.25. The summed E-state index contributed by atoms with van der Waals surface area (Å²) in [6, 6.07) is 3.15. The van der Waals surface area contributed by atoms with Gasteiger partial charge in [0, 0.05) is 23.7 Å². The molecular formula is C11H13NO4. The van der Waals surface area contributed by atoms with E-state index in [1.165, 1.54) is 13.3 Å². The Bertz CT molecular complexity index is 385. The van der Waals surface area contributed by atoms with E-state index in [2.05, 4.69) is 4.98 Å². The first-order chi connectivity index (χ1) is 7.54. The molecule has 1 N–H and O–H groups in total. The number of carboxylic acids is 1. The highest BCUT2D eigenvalue weighted by molar-refractivity contribution is 5.98. The van der Waals surface area contributed by atoms with E-state index in [0.29, 0.717) is 11.4 Å². The van der Waals surface area contributed by atoms with Crippen LogP contribution < -0.4 is 4.74 Å².